The Balaban J connectivity index is 2.48. The van der Waals surface area contributed by atoms with Crippen LogP contribution in [0.25, 0.3) is 11.3 Å². The molecule has 0 bridgehead atoms. The molecular weight excluding hydrogens is 176 g/mol. The van der Waals surface area contributed by atoms with Gasteiger partial charge in [-0.15, -0.1) is 0 Å². The summed E-state index contributed by atoms with van der Waals surface area (Å²) in [5, 5.41) is 0.244. The summed E-state index contributed by atoms with van der Waals surface area (Å²) >= 11 is 5.61. The van der Waals surface area contributed by atoms with Crippen molar-refractivity contribution in [3.05, 3.63) is 36.1 Å². The molecule has 60 valence electrons. The van der Waals surface area contributed by atoms with Gasteiger partial charge in [0.15, 0.2) is 0 Å². The molecule has 0 unspecified atom stereocenters. The van der Waals surface area contributed by atoms with Gasteiger partial charge < -0.3 is 4.42 Å². The van der Waals surface area contributed by atoms with Crippen molar-refractivity contribution in [3.8, 4) is 11.3 Å². The van der Waals surface area contributed by atoms with Crippen molar-refractivity contribution in [2.75, 3.05) is 0 Å². The van der Waals surface area contributed by atoms with Gasteiger partial charge in [0.2, 0.25) is 5.28 Å². The second-order valence-electron chi connectivity index (χ2n) is 2.22. The summed E-state index contributed by atoms with van der Waals surface area (Å²) in [6, 6.07) is 3.59. The van der Waals surface area contributed by atoms with Crippen molar-refractivity contribution >= 4 is 11.6 Å². The maximum atomic E-state index is 5.61. The molecule has 0 aliphatic heterocycles. The van der Waals surface area contributed by atoms with Gasteiger partial charge in [0.1, 0.15) is 0 Å². The molecule has 0 fully saturated rings. The predicted molar refractivity (Wildman–Crippen MR) is 44.7 cm³/mol. The van der Waals surface area contributed by atoms with Crippen LogP contribution in [0.4, 0.5) is 0 Å². The van der Waals surface area contributed by atoms with E-state index >= 15 is 0 Å². The highest BCUT2D eigenvalue weighted by Crippen LogP contribution is 2.17. The Morgan fingerprint density at radius 1 is 1.33 bits per heavy atom. The lowest BCUT2D eigenvalue weighted by Gasteiger charge is -1.93. The van der Waals surface area contributed by atoms with Gasteiger partial charge in [-0.3, -0.25) is 0 Å². The van der Waals surface area contributed by atoms with E-state index in [4.69, 9.17) is 16.0 Å². The van der Waals surface area contributed by atoms with Crippen molar-refractivity contribution in [1.82, 2.24) is 9.97 Å². The number of hydrogen-bond acceptors (Lipinski definition) is 3. The Morgan fingerprint density at radius 2 is 2.25 bits per heavy atom. The Bertz CT molecular complexity index is 372. The number of aromatic nitrogens is 2. The van der Waals surface area contributed by atoms with Crippen LogP contribution in [0, 0.1) is 0 Å². The van der Waals surface area contributed by atoms with Crippen LogP contribution in [0.1, 0.15) is 0 Å². The normalized spacial score (nSPS) is 10.1. The SMILES string of the molecule is Clc1nccc(-c2ccoc2)n1. The van der Waals surface area contributed by atoms with Crippen molar-refractivity contribution < 1.29 is 4.42 Å². The topological polar surface area (TPSA) is 38.9 Å². The van der Waals surface area contributed by atoms with E-state index in [1.54, 1.807) is 24.8 Å². The molecule has 3 nitrogen and oxygen atoms in total. The number of hydrogen-bond donors (Lipinski definition) is 0. The van der Waals surface area contributed by atoms with Crippen LogP contribution < -0.4 is 0 Å². The van der Waals surface area contributed by atoms with Gasteiger partial charge in [0.25, 0.3) is 0 Å². The molecule has 0 saturated carbocycles. The van der Waals surface area contributed by atoms with Crippen LogP contribution in [0.2, 0.25) is 5.28 Å². The molecule has 4 heteroatoms. The van der Waals surface area contributed by atoms with Crippen molar-refractivity contribution in [1.29, 1.82) is 0 Å². The molecule has 12 heavy (non-hydrogen) atoms. The van der Waals surface area contributed by atoms with Crippen molar-refractivity contribution in [3.63, 3.8) is 0 Å². The average Bonchev–Trinajstić information content (AvgIpc) is 2.56. The molecule has 0 amide bonds. The minimum atomic E-state index is 0.244. The first-order valence-corrected chi connectivity index (χ1v) is 3.75. The molecule has 0 radical (unpaired) electrons. The summed E-state index contributed by atoms with van der Waals surface area (Å²) < 4.78 is 4.91. The molecule has 2 aromatic heterocycles. The molecule has 0 spiro atoms. The summed E-state index contributed by atoms with van der Waals surface area (Å²) in [6.07, 6.45) is 4.81. The van der Waals surface area contributed by atoms with Crippen LogP contribution in [0.3, 0.4) is 0 Å². The zero-order valence-corrected chi connectivity index (χ0v) is 6.82. The van der Waals surface area contributed by atoms with E-state index in [1.165, 1.54) is 0 Å². The summed E-state index contributed by atoms with van der Waals surface area (Å²) in [5.74, 6) is 0. The fourth-order valence-electron chi connectivity index (χ4n) is 0.906. The number of nitrogens with zero attached hydrogens (tertiary/aromatic N) is 2. The third-order valence-electron chi connectivity index (χ3n) is 1.44. The largest absolute Gasteiger partial charge is 0.472 e. The molecule has 2 rings (SSSR count). The first-order chi connectivity index (χ1) is 5.86. The summed E-state index contributed by atoms with van der Waals surface area (Å²) in [5.41, 5.74) is 1.67. The first-order valence-electron chi connectivity index (χ1n) is 3.37. The van der Waals surface area contributed by atoms with Crippen LogP contribution >= 0.6 is 11.6 Å². The maximum absolute atomic E-state index is 5.61. The Morgan fingerprint density at radius 3 is 2.92 bits per heavy atom. The monoisotopic (exact) mass is 180 g/mol. The first kappa shape index (κ1) is 7.31. The highest BCUT2D eigenvalue weighted by molar-refractivity contribution is 6.28. The molecule has 2 aromatic rings. The lowest BCUT2D eigenvalue weighted by molar-refractivity contribution is 0.568. The van der Waals surface area contributed by atoms with Crippen LogP contribution in [0.15, 0.2) is 35.3 Å². The number of furan rings is 1. The van der Waals surface area contributed by atoms with Crippen molar-refractivity contribution in [2.45, 2.75) is 0 Å². The molecule has 0 aliphatic carbocycles. The molecule has 0 aromatic carbocycles. The van der Waals surface area contributed by atoms with Gasteiger partial charge in [0, 0.05) is 11.8 Å². The molecule has 0 N–H and O–H groups in total. The Kier molecular flexibility index (Phi) is 1.80. The minimum Gasteiger partial charge on any atom is -0.472 e. The molecule has 2 heterocycles. The lowest BCUT2D eigenvalue weighted by atomic mass is 10.2. The van der Waals surface area contributed by atoms with Crippen molar-refractivity contribution in [2.24, 2.45) is 0 Å². The molecule has 0 aliphatic rings. The summed E-state index contributed by atoms with van der Waals surface area (Å²) in [6.45, 7) is 0. The van der Waals surface area contributed by atoms with E-state index in [0.717, 1.165) is 11.3 Å². The van der Waals surface area contributed by atoms with E-state index in [9.17, 15) is 0 Å². The highest BCUT2D eigenvalue weighted by atomic mass is 35.5. The van der Waals surface area contributed by atoms with E-state index in [-0.39, 0.29) is 5.28 Å². The summed E-state index contributed by atoms with van der Waals surface area (Å²) in [7, 11) is 0. The summed E-state index contributed by atoms with van der Waals surface area (Å²) in [4.78, 5) is 7.78. The van der Waals surface area contributed by atoms with Gasteiger partial charge in [0.05, 0.1) is 18.2 Å². The van der Waals surface area contributed by atoms with Gasteiger partial charge in [-0.1, -0.05) is 0 Å². The smallest absolute Gasteiger partial charge is 0.222 e. The fraction of sp³-hybridized carbons (Fsp3) is 0. The Hall–Kier alpha value is -1.35. The second-order valence-corrected chi connectivity index (χ2v) is 2.56. The lowest BCUT2D eigenvalue weighted by Crippen LogP contribution is -1.83. The van der Waals surface area contributed by atoms with E-state index < -0.39 is 0 Å². The van der Waals surface area contributed by atoms with Crippen LogP contribution in [-0.2, 0) is 0 Å². The number of halogens is 1. The minimum absolute atomic E-state index is 0.244. The predicted octanol–water partition coefficient (Wildman–Crippen LogP) is 2.39. The van der Waals surface area contributed by atoms with Crippen LogP contribution in [0.5, 0.6) is 0 Å². The van der Waals surface area contributed by atoms with Gasteiger partial charge in [-0.05, 0) is 23.7 Å². The Labute approximate surface area is 74.0 Å². The van der Waals surface area contributed by atoms with Gasteiger partial charge >= 0.3 is 0 Å². The quantitative estimate of drug-likeness (QED) is 0.633. The maximum Gasteiger partial charge on any atom is 0.222 e. The number of rotatable bonds is 1. The molecule has 0 atom stereocenters. The van der Waals surface area contributed by atoms with Gasteiger partial charge in [-0.2, -0.15) is 0 Å². The molecular formula is C8H5ClN2O. The molecule has 0 saturated heterocycles. The third kappa shape index (κ3) is 1.31. The van der Waals surface area contributed by atoms with E-state index in [2.05, 4.69) is 9.97 Å². The van der Waals surface area contributed by atoms with E-state index in [1.807, 2.05) is 6.07 Å². The fourth-order valence-corrected chi connectivity index (χ4v) is 1.05. The average molecular weight is 181 g/mol. The van der Waals surface area contributed by atoms with Gasteiger partial charge in [-0.25, -0.2) is 9.97 Å². The zero-order valence-electron chi connectivity index (χ0n) is 6.07. The standard InChI is InChI=1S/C8H5ClN2O/c9-8-10-3-1-7(11-8)6-2-4-12-5-6/h1-5H. The third-order valence-corrected chi connectivity index (χ3v) is 1.63. The van der Waals surface area contributed by atoms with Crippen LogP contribution in [-0.4, -0.2) is 9.97 Å². The zero-order chi connectivity index (χ0) is 8.39. The highest BCUT2D eigenvalue weighted by Gasteiger charge is 2.00. The second kappa shape index (κ2) is 2.95. The van der Waals surface area contributed by atoms with E-state index in [0.29, 0.717) is 0 Å².